The first-order valence-electron chi connectivity index (χ1n) is 5.71. The van der Waals surface area contributed by atoms with Crippen LogP contribution in [0.3, 0.4) is 0 Å². The molecule has 2 rings (SSSR count). The Kier molecular flexibility index (Phi) is 3.74. The minimum atomic E-state index is -0.536. The normalized spacial score (nSPS) is 10.4. The molecule has 0 atom stereocenters. The summed E-state index contributed by atoms with van der Waals surface area (Å²) in [4.78, 5) is 26.3. The maximum atomic E-state index is 13.4. The van der Waals surface area contributed by atoms with Crippen molar-refractivity contribution < 1.29 is 9.18 Å². The fourth-order valence-electron chi connectivity index (χ4n) is 1.64. The van der Waals surface area contributed by atoms with Gasteiger partial charge in [-0.05, 0) is 18.1 Å². The number of hydrogen-bond acceptors (Lipinski definition) is 3. The third-order valence-electron chi connectivity index (χ3n) is 2.72. The summed E-state index contributed by atoms with van der Waals surface area (Å²) >= 11 is 0. The Bertz CT molecular complexity index is 634. The van der Waals surface area contributed by atoms with E-state index in [1.54, 1.807) is 25.2 Å². The minimum absolute atomic E-state index is 0.0546. The van der Waals surface area contributed by atoms with Crippen LogP contribution in [0.5, 0.6) is 0 Å². The third kappa shape index (κ3) is 3.06. The van der Waals surface area contributed by atoms with Crippen LogP contribution in [0.4, 0.5) is 4.39 Å². The lowest BCUT2D eigenvalue weighted by Gasteiger charge is -2.15. The topological polar surface area (TPSA) is 81.8 Å². The summed E-state index contributed by atoms with van der Waals surface area (Å²) < 4.78 is 13.4. The van der Waals surface area contributed by atoms with Crippen LogP contribution in [0.25, 0.3) is 0 Å². The summed E-state index contributed by atoms with van der Waals surface area (Å²) in [5.74, 6) is -0.771. The number of carbonyl (C=O) groups excluding carboxylic acids is 1. The molecule has 1 heterocycles. The Morgan fingerprint density at radius 3 is 2.79 bits per heavy atom. The van der Waals surface area contributed by atoms with E-state index in [1.165, 1.54) is 11.0 Å². The van der Waals surface area contributed by atoms with Crippen LogP contribution in [0.2, 0.25) is 0 Å². The number of halogens is 1. The van der Waals surface area contributed by atoms with E-state index in [2.05, 4.69) is 15.2 Å². The van der Waals surface area contributed by atoms with Crippen molar-refractivity contribution in [3.8, 4) is 0 Å². The van der Waals surface area contributed by atoms with Crippen LogP contribution >= 0.6 is 0 Å². The number of benzene rings is 1. The summed E-state index contributed by atoms with van der Waals surface area (Å²) in [6.45, 7) is 0.328. The smallest absolute Gasteiger partial charge is 0.339 e. The molecule has 0 saturated carbocycles. The molecule has 0 fully saturated rings. The maximum absolute atomic E-state index is 13.4. The number of carbonyl (C=O) groups is 1. The van der Waals surface area contributed by atoms with Crippen molar-refractivity contribution in [1.29, 1.82) is 0 Å². The van der Waals surface area contributed by atoms with Gasteiger partial charge < -0.3 is 4.90 Å². The standard InChI is InChI=1S/C12H13FN4O2/c1-17(11(18)10-14-12(19)16-15-10)7-6-8-4-2-3-5-9(8)13/h2-5H,6-7H2,1H3,(H2,14,15,16,19). The fraction of sp³-hybridized carbons (Fsp3) is 0.250. The molecule has 1 amide bonds. The zero-order valence-corrected chi connectivity index (χ0v) is 10.3. The molecule has 0 unspecified atom stereocenters. The van der Waals surface area contributed by atoms with Crippen LogP contribution in [-0.4, -0.2) is 39.6 Å². The van der Waals surface area contributed by atoms with Gasteiger partial charge in [-0.25, -0.2) is 14.3 Å². The molecule has 0 aliphatic carbocycles. The van der Waals surface area contributed by atoms with Crippen molar-refractivity contribution in [2.75, 3.05) is 13.6 Å². The van der Waals surface area contributed by atoms with Crippen molar-refractivity contribution in [1.82, 2.24) is 20.1 Å². The highest BCUT2D eigenvalue weighted by Gasteiger charge is 2.15. The van der Waals surface area contributed by atoms with E-state index in [-0.39, 0.29) is 11.6 Å². The lowest BCUT2D eigenvalue weighted by Crippen LogP contribution is -2.30. The van der Waals surface area contributed by atoms with E-state index >= 15 is 0 Å². The van der Waals surface area contributed by atoms with Gasteiger partial charge in [0.05, 0.1) is 0 Å². The van der Waals surface area contributed by atoms with Gasteiger partial charge in [0.2, 0.25) is 5.82 Å². The fourth-order valence-corrected chi connectivity index (χ4v) is 1.64. The van der Waals surface area contributed by atoms with Gasteiger partial charge in [0.1, 0.15) is 5.82 Å². The first kappa shape index (κ1) is 13.0. The van der Waals surface area contributed by atoms with Crippen LogP contribution in [0.1, 0.15) is 16.2 Å². The molecule has 19 heavy (non-hydrogen) atoms. The Hall–Kier alpha value is -2.44. The van der Waals surface area contributed by atoms with Gasteiger partial charge in [-0.15, -0.1) is 5.10 Å². The molecule has 0 radical (unpaired) electrons. The third-order valence-corrected chi connectivity index (χ3v) is 2.72. The largest absolute Gasteiger partial charge is 0.341 e. The summed E-state index contributed by atoms with van der Waals surface area (Å²) in [7, 11) is 1.57. The molecule has 0 aliphatic rings. The highest BCUT2D eigenvalue weighted by molar-refractivity contribution is 5.90. The summed E-state index contributed by atoms with van der Waals surface area (Å²) in [6, 6.07) is 6.40. The number of nitrogens with zero attached hydrogens (tertiary/aromatic N) is 2. The first-order valence-corrected chi connectivity index (χ1v) is 5.71. The highest BCUT2D eigenvalue weighted by atomic mass is 19.1. The summed E-state index contributed by atoms with van der Waals surface area (Å²) in [5.41, 5.74) is 0.00326. The van der Waals surface area contributed by atoms with Crippen molar-refractivity contribution in [3.05, 3.63) is 52.0 Å². The second-order valence-electron chi connectivity index (χ2n) is 4.09. The molecular weight excluding hydrogens is 251 g/mol. The Balaban J connectivity index is 1.98. The number of aromatic amines is 2. The van der Waals surface area contributed by atoms with Gasteiger partial charge in [0.15, 0.2) is 0 Å². The van der Waals surface area contributed by atoms with Crippen LogP contribution in [-0.2, 0) is 6.42 Å². The molecule has 2 N–H and O–H groups in total. The second kappa shape index (κ2) is 5.47. The second-order valence-corrected chi connectivity index (χ2v) is 4.09. The predicted molar refractivity (Wildman–Crippen MR) is 66.3 cm³/mol. The minimum Gasteiger partial charge on any atom is -0.339 e. The number of likely N-dealkylation sites (N-methyl/N-ethyl adjacent to an activating group) is 1. The SMILES string of the molecule is CN(CCc1ccccc1F)C(=O)c1n[nH]c(=O)[nH]1. The Morgan fingerprint density at radius 2 is 2.16 bits per heavy atom. The molecule has 1 aromatic heterocycles. The van der Waals surface area contributed by atoms with Crippen LogP contribution in [0, 0.1) is 5.82 Å². The number of nitrogens with one attached hydrogen (secondary N) is 2. The lowest BCUT2D eigenvalue weighted by molar-refractivity contribution is 0.0784. The van der Waals surface area contributed by atoms with Gasteiger partial charge in [0.25, 0.3) is 5.91 Å². The van der Waals surface area contributed by atoms with E-state index in [4.69, 9.17) is 0 Å². The number of amides is 1. The highest BCUT2D eigenvalue weighted by Crippen LogP contribution is 2.07. The van der Waals surface area contributed by atoms with Gasteiger partial charge in [-0.3, -0.25) is 9.78 Å². The van der Waals surface area contributed by atoms with Gasteiger partial charge in [-0.2, -0.15) is 0 Å². The number of aromatic nitrogens is 3. The first-order chi connectivity index (χ1) is 9.08. The molecular formula is C12H13FN4O2. The zero-order valence-electron chi connectivity index (χ0n) is 10.3. The van der Waals surface area contributed by atoms with E-state index < -0.39 is 11.6 Å². The van der Waals surface area contributed by atoms with E-state index in [0.717, 1.165) is 0 Å². The molecule has 6 nitrogen and oxygen atoms in total. The number of rotatable bonds is 4. The van der Waals surface area contributed by atoms with Crippen LogP contribution < -0.4 is 5.69 Å². The Labute approximate surface area is 108 Å². The lowest BCUT2D eigenvalue weighted by atomic mass is 10.1. The van der Waals surface area contributed by atoms with Crippen molar-refractivity contribution >= 4 is 5.91 Å². The van der Waals surface area contributed by atoms with Gasteiger partial charge >= 0.3 is 5.69 Å². The van der Waals surface area contributed by atoms with Gasteiger partial charge in [-0.1, -0.05) is 18.2 Å². The predicted octanol–water partition coefficient (Wildman–Crippen LogP) is 0.552. The number of H-pyrrole nitrogens is 2. The number of hydrogen-bond donors (Lipinski definition) is 2. The molecule has 100 valence electrons. The average Bonchev–Trinajstić information content (AvgIpc) is 2.83. The zero-order chi connectivity index (χ0) is 13.8. The van der Waals surface area contributed by atoms with Crippen molar-refractivity contribution in [2.24, 2.45) is 0 Å². The molecule has 0 spiro atoms. The quantitative estimate of drug-likeness (QED) is 0.846. The van der Waals surface area contributed by atoms with Gasteiger partial charge in [0, 0.05) is 13.6 Å². The summed E-state index contributed by atoms with van der Waals surface area (Å²) in [5, 5.41) is 5.67. The average molecular weight is 264 g/mol. The molecule has 0 saturated heterocycles. The van der Waals surface area contributed by atoms with E-state index in [1.807, 2.05) is 0 Å². The maximum Gasteiger partial charge on any atom is 0.341 e. The van der Waals surface area contributed by atoms with Crippen molar-refractivity contribution in [3.63, 3.8) is 0 Å². The van der Waals surface area contributed by atoms with Crippen molar-refractivity contribution in [2.45, 2.75) is 6.42 Å². The Morgan fingerprint density at radius 1 is 1.42 bits per heavy atom. The molecule has 1 aromatic carbocycles. The molecule has 0 aliphatic heterocycles. The monoisotopic (exact) mass is 264 g/mol. The van der Waals surface area contributed by atoms with E-state index in [0.29, 0.717) is 18.5 Å². The van der Waals surface area contributed by atoms with Crippen LogP contribution in [0.15, 0.2) is 29.1 Å². The molecule has 2 aromatic rings. The van der Waals surface area contributed by atoms with E-state index in [9.17, 15) is 14.0 Å². The molecule has 0 bridgehead atoms. The molecule has 7 heteroatoms. The summed E-state index contributed by atoms with van der Waals surface area (Å²) in [6.07, 6.45) is 0.392.